The van der Waals surface area contributed by atoms with E-state index in [4.69, 9.17) is 0 Å². The highest BCUT2D eigenvalue weighted by Crippen LogP contribution is 2.21. The van der Waals surface area contributed by atoms with Gasteiger partial charge in [-0.3, -0.25) is 4.79 Å². The molecule has 0 radical (unpaired) electrons. The summed E-state index contributed by atoms with van der Waals surface area (Å²) in [4.78, 5) is 12.2. The monoisotopic (exact) mass is 306 g/mol. The smallest absolute Gasteiger partial charge is 0.267 e. The average molecular weight is 306 g/mol. The molecule has 0 aliphatic heterocycles. The highest BCUT2D eigenvalue weighted by atomic mass is 16.2. The van der Waals surface area contributed by atoms with E-state index in [-0.39, 0.29) is 5.91 Å². The van der Waals surface area contributed by atoms with Gasteiger partial charge in [-0.15, -0.1) is 0 Å². The van der Waals surface area contributed by atoms with Crippen LogP contribution in [0.5, 0.6) is 0 Å². The number of hydrazone groups is 1. The molecule has 2 aromatic rings. The van der Waals surface area contributed by atoms with Crippen LogP contribution >= 0.6 is 0 Å². The van der Waals surface area contributed by atoms with Gasteiger partial charge in [-0.05, 0) is 54.9 Å². The summed E-state index contributed by atoms with van der Waals surface area (Å²) in [6.07, 6.45) is 4.42. The third-order valence-corrected chi connectivity index (χ3v) is 4.32. The largest absolute Gasteiger partial charge is 0.271 e. The minimum absolute atomic E-state index is 0.143. The molecule has 23 heavy (non-hydrogen) atoms. The molecule has 118 valence electrons. The standard InChI is InChI=1S/C20H22N2O/c1-15-6-5-9-19(14-15)21-22-20(23)18-12-10-17(11-13-18)16-7-3-2-4-8-16/h2-4,7-8,10-13,15H,5-6,9,14H2,1H3,(H,22,23)/b21-19-. The van der Waals surface area contributed by atoms with Gasteiger partial charge in [0.25, 0.3) is 5.91 Å². The van der Waals surface area contributed by atoms with E-state index >= 15 is 0 Å². The van der Waals surface area contributed by atoms with Gasteiger partial charge in [-0.2, -0.15) is 5.10 Å². The van der Waals surface area contributed by atoms with E-state index in [0.717, 1.165) is 29.7 Å². The zero-order valence-corrected chi connectivity index (χ0v) is 13.5. The maximum absolute atomic E-state index is 12.2. The van der Waals surface area contributed by atoms with Crippen molar-refractivity contribution in [3.63, 3.8) is 0 Å². The van der Waals surface area contributed by atoms with E-state index in [1.807, 2.05) is 42.5 Å². The van der Waals surface area contributed by atoms with E-state index < -0.39 is 0 Å². The molecule has 3 rings (SSSR count). The molecule has 1 amide bonds. The van der Waals surface area contributed by atoms with Gasteiger partial charge in [-0.25, -0.2) is 5.43 Å². The number of hydrogen-bond donors (Lipinski definition) is 1. The van der Waals surface area contributed by atoms with Crippen LogP contribution in [0.3, 0.4) is 0 Å². The van der Waals surface area contributed by atoms with E-state index in [0.29, 0.717) is 11.5 Å². The summed E-state index contributed by atoms with van der Waals surface area (Å²) in [6, 6.07) is 17.8. The first-order valence-electron chi connectivity index (χ1n) is 8.23. The molecule has 1 aliphatic carbocycles. The molecule has 1 aliphatic rings. The fourth-order valence-electron chi connectivity index (χ4n) is 3.00. The molecular weight excluding hydrogens is 284 g/mol. The lowest BCUT2D eigenvalue weighted by atomic mass is 9.89. The van der Waals surface area contributed by atoms with E-state index in [1.54, 1.807) is 0 Å². The molecule has 3 nitrogen and oxygen atoms in total. The Hall–Kier alpha value is -2.42. The van der Waals surface area contributed by atoms with Crippen molar-refractivity contribution in [2.24, 2.45) is 11.0 Å². The van der Waals surface area contributed by atoms with Crippen LogP contribution in [0.4, 0.5) is 0 Å². The Morgan fingerprint density at radius 1 is 1.04 bits per heavy atom. The lowest BCUT2D eigenvalue weighted by molar-refractivity contribution is 0.0954. The van der Waals surface area contributed by atoms with Crippen molar-refractivity contribution in [2.75, 3.05) is 0 Å². The molecule has 1 saturated carbocycles. The van der Waals surface area contributed by atoms with E-state index in [1.165, 1.54) is 12.8 Å². The number of carbonyl (C=O) groups excluding carboxylic acids is 1. The third-order valence-electron chi connectivity index (χ3n) is 4.32. The number of carbonyl (C=O) groups is 1. The summed E-state index contributed by atoms with van der Waals surface area (Å²) in [5.41, 5.74) is 6.70. The van der Waals surface area contributed by atoms with Crippen LogP contribution in [0.15, 0.2) is 59.7 Å². The Labute approximate surface area is 137 Å². The molecule has 0 spiro atoms. The molecule has 0 aromatic heterocycles. The van der Waals surface area contributed by atoms with Gasteiger partial charge in [0.15, 0.2) is 0 Å². The van der Waals surface area contributed by atoms with Gasteiger partial charge in [0, 0.05) is 11.3 Å². The van der Waals surface area contributed by atoms with Crippen molar-refractivity contribution < 1.29 is 4.79 Å². The lowest BCUT2D eigenvalue weighted by Crippen LogP contribution is -2.22. The molecule has 3 heteroatoms. The topological polar surface area (TPSA) is 41.5 Å². The van der Waals surface area contributed by atoms with Crippen LogP contribution in [-0.2, 0) is 0 Å². The summed E-state index contributed by atoms with van der Waals surface area (Å²) in [5, 5.41) is 4.31. The number of nitrogens with one attached hydrogen (secondary N) is 1. The van der Waals surface area contributed by atoms with Gasteiger partial charge in [0.1, 0.15) is 0 Å². The number of nitrogens with zero attached hydrogens (tertiary/aromatic N) is 1. The normalized spacial score (nSPS) is 19.5. The second-order valence-corrected chi connectivity index (χ2v) is 6.26. The zero-order valence-electron chi connectivity index (χ0n) is 13.5. The fraction of sp³-hybridized carbons (Fsp3) is 0.300. The molecule has 1 atom stereocenters. The second kappa shape index (κ2) is 7.23. The van der Waals surface area contributed by atoms with Gasteiger partial charge in [-0.1, -0.05) is 49.4 Å². The minimum Gasteiger partial charge on any atom is -0.267 e. The Morgan fingerprint density at radius 2 is 1.74 bits per heavy atom. The number of rotatable bonds is 3. The summed E-state index contributed by atoms with van der Waals surface area (Å²) < 4.78 is 0. The predicted molar refractivity (Wildman–Crippen MR) is 94.4 cm³/mol. The lowest BCUT2D eigenvalue weighted by Gasteiger charge is -2.18. The Morgan fingerprint density at radius 3 is 2.43 bits per heavy atom. The van der Waals surface area contributed by atoms with Gasteiger partial charge < -0.3 is 0 Å². The summed E-state index contributed by atoms with van der Waals surface area (Å²) in [5.74, 6) is 0.528. The molecule has 0 saturated heterocycles. The van der Waals surface area contributed by atoms with Crippen molar-refractivity contribution in [3.8, 4) is 11.1 Å². The number of benzene rings is 2. The van der Waals surface area contributed by atoms with Crippen molar-refractivity contribution in [3.05, 3.63) is 60.2 Å². The van der Waals surface area contributed by atoms with E-state index in [2.05, 4.69) is 29.6 Å². The first-order chi connectivity index (χ1) is 11.2. The van der Waals surface area contributed by atoms with Crippen molar-refractivity contribution in [1.82, 2.24) is 5.43 Å². The maximum Gasteiger partial charge on any atom is 0.271 e. The Bertz CT molecular complexity index is 689. The molecule has 0 bridgehead atoms. The second-order valence-electron chi connectivity index (χ2n) is 6.26. The quantitative estimate of drug-likeness (QED) is 0.824. The Balaban J connectivity index is 1.65. The van der Waals surface area contributed by atoms with Crippen molar-refractivity contribution in [2.45, 2.75) is 32.6 Å². The van der Waals surface area contributed by atoms with Crippen molar-refractivity contribution >= 4 is 11.6 Å². The number of amides is 1. The first kappa shape index (κ1) is 15.5. The molecule has 1 fully saturated rings. The van der Waals surface area contributed by atoms with Gasteiger partial charge in [0.05, 0.1) is 0 Å². The maximum atomic E-state index is 12.2. The SMILES string of the molecule is CC1CCC/C(=N/NC(=O)c2ccc(-c3ccccc3)cc2)C1. The van der Waals surface area contributed by atoms with Crippen LogP contribution in [0.1, 0.15) is 43.0 Å². The van der Waals surface area contributed by atoms with Crippen LogP contribution in [0.25, 0.3) is 11.1 Å². The summed E-state index contributed by atoms with van der Waals surface area (Å²) in [7, 11) is 0. The Kier molecular flexibility index (Phi) is 4.86. The van der Waals surface area contributed by atoms with Crippen LogP contribution in [0.2, 0.25) is 0 Å². The van der Waals surface area contributed by atoms with Crippen LogP contribution in [0, 0.1) is 5.92 Å². The third kappa shape index (κ3) is 4.07. The first-order valence-corrected chi connectivity index (χ1v) is 8.23. The van der Waals surface area contributed by atoms with E-state index in [9.17, 15) is 4.79 Å². The van der Waals surface area contributed by atoms with Crippen molar-refractivity contribution in [1.29, 1.82) is 0 Å². The summed E-state index contributed by atoms with van der Waals surface area (Å²) >= 11 is 0. The highest BCUT2D eigenvalue weighted by Gasteiger charge is 2.14. The highest BCUT2D eigenvalue weighted by molar-refractivity contribution is 5.96. The zero-order chi connectivity index (χ0) is 16.1. The average Bonchev–Trinajstić information content (AvgIpc) is 2.61. The number of hydrogen-bond acceptors (Lipinski definition) is 2. The molecule has 0 heterocycles. The molecule has 1 unspecified atom stereocenters. The molecular formula is C20H22N2O. The predicted octanol–water partition coefficient (Wildman–Crippen LogP) is 4.65. The molecule has 1 N–H and O–H groups in total. The van der Waals surface area contributed by atoms with Gasteiger partial charge in [0.2, 0.25) is 0 Å². The summed E-state index contributed by atoms with van der Waals surface area (Å²) in [6.45, 7) is 2.23. The minimum atomic E-state index is -0.143. The van der Waals surface area contributed by atoms with Gasteiger partial charge >= 0.3 is 0 Å². The van der Waals surface area contributed by atoms with Crippen LogP contribution < -0.4 is 5.43 Å². The fourth-order valence-corrected chi connectivity index (χ4v) is 3.00. The molecule has 2 aromatic carbocycles. The van der Waals surface area contributed by atoms with Crippen LogP contribution in [-0.4, -0.2) is 11.6 Å².